The van der Waals surface area contributed by atoms with Crippen LogP contribution in [0.4, 0.5) is 0 Å². The summed E-state index contributed by atoms with van der Waals surface area (Å²) in [6.07, 6.45) is 8.83. The fourth-order valence-corrected chi connectivity index (χ4v) is 2.63. The summed E-state index contributed by atoms with van der Waals surface area (Å²) in [5.41, 5.74) is 0. The second kappa shape index (κ2) is 4.24. The van der Waals surface area contributed by atoms with Crippen LogP contribution in [-0.4, -0.2) is 17.2 Å². The first-order valence-corrected chi connectivity index (χ1v) is 5.50. The van der Waals surface area contributed by atoms with Gasteiger partial charge in [-0.05, 0) is 25.2 Å². The number of rotatable bonds is 0. The smallest absolute Gasteiger partial charge is 0.0251 e. The Bertz CT molecular complexity index is 67.3. The van der Waals surface area contributed by atoms with Crippen molar-refractivity contribution in [3.05, 3.63) is 0 Å². The van der Waals surface area contributed by atoms with Gasteiger partial charge in [-0.15, -0.1) is 0 Å². The van der Waals surface area contributed by atoms with Crippen molar-refractivity contribution < 1.29 is 4.89 Å². The molecule has 0 aliphatic carbocycles. The van der Waals surface area contributed by atoms with Gasteiger partial charge in [-0.2, -0.15) is 0 Å². The predicted octanol–water partition coefficient (Wildman–Crippen LogP) is 2.34. The molecular weight excluding hydrogens is 131 g/mol. The van der Waals surface area contributed by atoms with Crippen molar-refractivity contribution in [2.24, 2.45) is 0 Å². The van der Waals surface area contributed by atoms with E-state index in [0.717, 1.165) is 12.3 Å². The van der Waals surface area contributed by atoms with Crippen molar-refractivity contribution in [2.75, 3.05) is 12.3 Å². The molecule has 0 aromatic carbocycles. The minimum absolute atomic E-state index is 0.535. The van der Waals surface area contributed by atoms with Gasteiger partial charge >= 0.3 is 0 Å². The van der Waals surface area contributed by atoms with Gasteiger partial charge in [-0.3, -0.25) is 0 Å². The molecule has 0 aromatic rings. The van der Waals surface area contributed by atoms with E-state index in [1.807, 2.05) is 0 Å². The summed E-state index contributed by atoms with van der Waals surface area (Å²) in [4.78, 5) is 9.28. The zero-order valence-electron chi connectivity index (χ0n) is 5.84. The molecule has 1 saturated heterocycles. The van der Waals surface area contributed by atoms with E-state index in [2.05, 4.69) is 0 Å². The molecule has 0 bridgehead atoms. The van der Waals surface area contributed by atoms with Crippen LogP contribution in [0.15, 0.2) is 0 Å². The van der Waals surface area contributed by atoms with Gasteiger partial charge in [0.15, 0.2) is 0 Å². The first-order chi connectivity index (χ1) is 4.39. The summed E-state index contributed by atoms with van der Waals surface area (Å²) in [7, 11) is -0.535. The van der Waals surface area contributed by atoms with Crippen LogP contribution in [0, 0.1) is 0 Å². The zero-order valence-corrected chi connectivity index (χ0v) is 6.74. The molecule has 1 aliphatic heterocycles. The lowest BCUT2D eigenvalue weighted by molar-refractivity contribution is 0.582. The fourth-order valence-electron chi connectivity index (χ4n) is 1.23. The summed E-state index contributed by atoms with van der Waals surface area (Å²) >= 11 is 0. The summed E-state index contributed by atoms with van der Waals surface area (Å²) in [6.45, 7) is 0. The Morgan fingerprint density at radius 2 is 1.22 bits per heavy atom. The first-order valence-electron chi connectivity index (χ1n) is 3.83. The maximum atomic E-state index is 9.28. The van der Waals surface area contributed by atoms with Crippen molar-refractivity contribution >= 4 is 8.15 Å². The van der Waals surface area contributed by atoms with E-state index in [-0.39, 0.29) is 0 Å². The molecule has 54 valence electrons. The third-order valence-corrected chi connectivity index (χ3v) is 3.50. The highest BCUT2D eigenvalue weighted by molar-refractivity contribution is 7.51. The second-order valence-electron chi connectivity index (χ2n) is 2.72. The van der Waals surface area contributed by atoms with Gasteiger partial charge in [0, 0.05) is 8.15 Å². The molecule has 1 heterocycles. The lowest BCUT2D eigenvalue weighted by Crippen LogP contribution is -1.94. The minimum Gasteiger partial charge on any atom is -0.374 e. The average Bonchev–Trinajstić information content (AvgIpc) is 1.79. The van der Waals surface area contributed by atoms with Gasteiger partial charge in [0.25, 0.3) is 0 Å². The van der Waals surface area contributed by atoms with Gasteiger partial charge in [0.1, 0.15) is 0 Å². The summed E-state index contributed by atoms with van der Waals surface area (Å²) < 4.78 is 0. The van der Waals surface area contributed by atoms with Crippen LogP contribution in [0.25, 0.3) is 0 Å². The van der Waals surface area contributed by atoms with Crippen molar-refractivity contribution in [3.63, 3.8) is 0 Å². The number of hydrogen-bond acceptors (Lipinski definition) is 1. The molecule has 1 rings (SSSR count). The van der Waals surface area contributed by atoms with Crippen molar-refractivity contribution in [3.8, 4) is 0 Å². The topological polar surface area (TPSA) is 20.2 Å². The van der Waals surface area contributed by atoms with Crippen LogP contribution in [0.3, 0.4) is 0 Å². The third-order valence-electron chi connectivity index (χ3n) is 1.83. The Hall–Kier alpha value is 0.390. The fraction of sp³-hybridized carbons (Fsp3) is 1.00. The number of hydrogen-bond donors (Lipinski definition) is 1. The van der Waals surface area contributed by atoms with Crippen LogP contribution in [-0.2, 0) is 0 Å². The van der Waals surface area contributed by atoms with E-state index in [1.165, 1.54) is 32.1 Å². The molecule has 0 unspecified atom stereocenters. The molecule has 0 radical (unpaired) electrons. The van der Waals surface area contributed by atoms with Crippen LogP contribution >= 0.6 is 8.15 Å². The van der Waals surface area contributed by atoms with Crippen LogP contribution in [0.5, 0.6) is 0 Å². The molecule has 0 atom stereocenters. The normalized spacial score (nSPS) is 25.0. The van der Waals surface area contributed by atoms with Gasteiger partial charge in [0.05, 0.1) is 0 Å². The highest BCUT2D eigenvalue weighted by Crippen LogP contribution is 2.34. The van der Waals surface area contributed by atoms with Gasteiger partial charge < -0.3 is 4.89 Å². The van der Waals surface area contributed by atoms with Crippen LogP contribution in [0.1, 0.15) is 32.1 Å². The van der Waals surface area contributed by atoms with E-state index >= 15 is 0 Å². The molecule has 2 heteroatoms. The molecular formula is C7H15OP. The van der Waals surface area contributed by atoms with Crippen molar-refractivity contribution in [1.82, 2.24) is 0 Å². The lowest BCUT2D eigenvalue weighted by Gasteiger charge is -2.12. The molecule has 1 nitrogen and oxygen atoms in total. The highest BCUT2D eigenvalue weighted by atomic mass is 31.1. The maximum absolute atomic E-state index is 9.28. The van der Waals surface area contributed by atoms with E-state index in [0.29, 0.717) is 0 Å². The Morgan fingerprint density at radius 1 is 0.778 bits per heavy atom. The molecule has 0 aromatic heterocycles. The van der Waals surface area contributed by atoms with E-state index < -0.39 is 8.15 Å². The summed E-state index contributed by atoms with van der Waals surface area (Å²) in [5, 5.41) is 0. The van der Waals surface area contributed by atoms with Crippen molar-refractivity contribution in [2.45, 2.75) is 32.1 Å². The summed E-state index contributed by atoms with van der Waals surface area (Å²) in [5.74, 6) is 0. The minimum atomic E-state index is -0.535. The molecule has 0 spiro atoms. The van der Waals surface area contributed by atoms with Gasteiger partial charge in [-0.25, -0.2) is 0 Å². The predicted molar refractivity (Wildman–Crippen MR) is 42.0 cm³/mol. The van der Waals surface area contributed by atoms with Crippen LogP contribution in [0.2, 0.25) is 0 Å². The monoisotopic (exact) mass is 146 g/mol. The molecule has 0 saturated carbocycles. The molecule has 1 aliphatic rings. The molecule has 0 amide bonds. The standard InChI is InChI=1S/C7H15OP/c8-9-6-4-2-1-3-5-7-9/h8H,1-7H2. The third kappa shape index (κ3) is 3.17. The SMILES string of the molecule is OP1CCCCCCC1. The largest absolute Gasteiger partial charge is 0.374 e. The van der Waals surface area contributed by atoms with Gasteiger partial charge in [0.2, 0.25) is 0 Å². The highest BCUT2D eigenvalue weighted by Gasteiger charge is 2.05. The van der Waals surface area contributed by atoms with Crippen LogP contribution < -0.4 is 0 Å². The Morgan fingerprint density at radius 3 is 1.78 bits per heavy atom. The Kier molecular flexibility index (Phi) is 3.54. The Balaban J connectivity index is 2.12. The molecule has 1 fully saturated rings. The summed E-state index contributed by atoms with van der Waals surface area (Å²) in [6, 6.07) is 0. The van der Waals surface area contributed by atoms with Crippen molar-refractivity contribution in [1.29, 1.82) is 0 Å². The van der Waals surface area contributed by atoms with Gasteiger partial charge in [-0.1, -0.05) is 19.3 Å². The van der Waals surface area contributed by atoms with E-state index in [9.17, 15) is 4.89 Å². The molecule has 1 N–H and O–H groups in total. The van der Waals surface area contributed by atoms with E-state index in [1.54, 1.807) is 0 Å². The molecule has 9 heavy (non-hydrogen) atoms. The van der Waals surface area contributed by atoms with E-state index in [4.69, 9.17) is 0 Å². The first kappa shape index (κ1) is 7.50. The lowest BCUT2D eigenvalue weighted by atomic mass is 10.2. The average molecular weight is 146 g/mol. The Labute approximate surface area is 58.3 Å². The maximum Gasteiger partial charge on any atom is 0.0251 e. The quantitative estimate of drug-likeness (QED) is 0.520. The second-order valence-corrected chi connectivity index (χ2v) is 4.63. The zero-order chi connectivity index (χ0) is 6.53.